The van der Waals surface area contributed by atoms with Crippen molar-refractivity contribution in [2.45, 2.75) is 32.2 Å². The lowest BCUT2D eigenvalue weighted by atomic mass is 10.0. The van der Waals surface area contributed by atoms with E-state index in [-0.39, 0.29) is 11.9 Å². The molecular formula is C28H29N3O3. The number of methoxy groups -OCH3 is 1. The monoisotopic (exact) mass is 455 g/mol. The molecule has 6 heteroatoms. The minimum Gasteiger partial charge on any atom is -0.497 e. The number of aromatic nitrogens is 2. The third-order valence-corrected chi connectivity index (χ3v) is 5.92. The predicted octanol–water partition coefficient (Wildman–Crippen LogP) is 5.51. The van der Waals surface area contributed by atoms with E-state index in [1.165, 1.54) is 0 Å². The molecule has 34 heavy (non-hydrogen) atoms. The Morgan fingerprint density at radius 2 is 1.62 bits per heavy atom. The summed E-state index contributed by atoms with van der Waals surface area (Å²) in [7, 11) is 1.63. The number of aryl methyl sites for hydroxylation is 1. The Hall–Kier alpha value is -3.93. The van der Waals surface area contributed by atoms with Crippen molar-refractivity contribution in [1.82, 2.24) is 15.0 Å². The molecule has 0 spiro atoms. The Bertz CT molecular complexity index is 1170. The molecule has 0 aliphatic heterocycles. The molecule has 3 aromatic carbocycles. The maximum Gasteiger partial charge on any atom is 0.228 e. The van der Waals surface area contributed by atoms with Crippen LogP contribution in [0.3, 0.4) is 0 Å². The lowest BCUT2D eigenvalue weighted by Crippen LogP contribution is -2.35. The SMILES string of the molecule is COc1ccc(-c2noc(CCN(C(=O)CCc3ccccc3)[C@@H](C)c3ccccc3)n2)cc1. The van der Waals surface area contributed by atoms with Gasteiger partial charge in [-0.05, 0) is 48.7 Å². The van der Waals surface area contributed by atoms with E-state index in [1.54, 1.807) is 7.11 Å². The summed E-state index contributed by atoms with van der Waals surface area (Å²) in [6.07, 6.45) is 1.64. The molecule has 4 rings (SSSR count). The molecule has 1 atom stereocenters. The Morgan fingerprint density at radius 1 is 0.941 bits per heavy atom. The fourth-order valence-electron chi connectivity index (χ4n) is 3.92. The maximum atomic E-state index is 13.3. The summed E-state index contributed by atoms with van der Waals surface area (Å²) in [5.41, 5.74) is 3.11. The second kappa shape index (κ2) is 11.3. The number of carbonyl (C=O) groups excluding carboxylic acids is 1. The van der Waals surface area contributed by atoms with Gasteiger partial charge in [-0.2, -0.15) is 4.98 Å². The summed E-state index contributed by atoms with van der Waals surface area (Å²) >= 11 is 0. The molecule has 6 nitrogen and oxygen atoms in total. The van der Waals surface area contributed by atoms with Crippen molar-refractivity contribution in [3.8, 4) is 17.1 Å². The van der Waals surface area contributed by atoms with Gasteiger partial charge in [0.05, 0.1) is 13.2 Å². The van der Waals surface area contributed by atoms with Gasteiger partial charge in [-0.3, -0.25) is 4.79 Å². The number of benzene rings is 3. The number of nitrogens with zero attached hydrogens (tertiary/aromatic N) is 3. The van der Waals surface area contributed by atoms with Crippen molar-refractivity contribution in [3.05, 3.63) is 102 Å². The fourth-order valence-corrected chi connectivity index (χ4v) is 3.92. The Morgan fingerprint density at radius 3 is 2.29 bits per heavy atom. The molecule has 174 valence electrons. The fraction of sp³-hybridized carbons (Fsp3) is 0.250. The van der Waals surface area contributed by atoms with E-state index >= 15 is 0 Å². The summed E-state index contributed by atoms with van der Waals surface area (Å²) in [4.78, 5) is 19.7. The average molecular weight is 456 g/mol. The standard InChI is InChI=1S/C28H29N3O3/c1-21(23-11-7-4-8-12-23)31(27(32)18-13-22-9-5-3-6-10-22)20-19-26-29-28(30-34-26)24-14-16-25(33-2)17-15-24/h3-12,14-17,21H,13,18-20H2,1-2H3/t21-/m0/s1. The number of hydrogen-bond acceptors (Lipinski definition) is 5. The maximum absolute atomic E-state index is 13.3. The van der Waals surface area contributed by atoms with Gasteiger partial charge >= 0.3 is 0 Å². The highest BCUT2D eigenvalue weighted by Crippen LogP contribution is 2.23. The molecule has 1 amide bonds. The van der Waals surface area contributed by atoms with Crippen LogP contribution >= 0.6 is 0 Å². The van der Waals surface area contributed by atoms with Crippen LogP contribution in [0, 0.1) is 0 Å². The van der Waals surface area contributed by atoms with Crippen LogP contribution in [0.1, 0.15) is 36.4 Å². The molecule has 0 saturated heterocycles. The Kier molecular flexibility index (Phi) is 7.71. The average Bonchev–Trinajstić information content (AvgIpc) is 3.37. The summed E-state index contributed by atoms with van der Waals surface area (Å²) in [6.45, 7) is 2.56. The minimum absolute atomic E-state index is 0.0616. The van der Waals surface area contributed by atoms with Gasteiger partial charge in [0.15, 0.2) is 0 Å². The highest BCUT2D eigenvalue weighted by molar-refractivity contribution is 5.77. The van der Waals surface area contributed by atoms with Crippen LogP contribution in [-0.4, -0.2) is 34.6 Å². The molecule has 0 unspecified atom stereocenters. The van der Waals surface area contributed by atoms with E-state index in [4.69, 9.17) is 9.26 Å². The zero-order chi connectivity index (χ0) is 23.8. The van der Waals surface area contributed by atoms with Crippen molar-refractivity contribution in [2.75, 3.05) is 13.7 Å². The first kappa shape index (κ1) is 23.2. The molecule has 0 aliphatic carbocycles. The van der Waals surface area contributed by atoms with Gasteiger partial charge in [0.1, 0.15) is 5.75 Å². The van der Waals surface area contributed by atoms with Gasteiger partial charge in [-0.25, -0.2) is 0 Å². The van der Waals surface area contributed by atoms with Gasteiger partial charge in [0.25, 0.3) is 0 Å². The predicted molar refractivity (Wildman–Crippen MR) is 131 cm³/mol. The molecule has 4 aromatic rings. The smallest absolute Gasteiger partial charge is 0.228 e. The molecule has 0 radical (unpaired) electrons. The first-order valence-electron chi connectivity index (χ1n) is 11.5. The quantitative estimate of drug-likeness (QED) is 0.315. The van der Waals surface area contributed by atoms with E-state index in [0.717, 1.165) is 22.4 Å². The summed E-state index contributed by atoms with van der Waals surface area (Å²) in [6, 6.07) is 27.6. The zero-order valence-electron chi connectivity index (χ0n) is 19.6. The number of rotatable bonds is 10. The lowest BCUT2D eigenvalue weighted by molar-refractivity contribution is -0.133. The van der Waals surface area contributed by atoms with Gasteiger partial charge in [-0.15, -0.1) is 0 Å². The minimum atomic E-state index is -0.0616. The largest absolute Gasteiger partial charge is 0.497 e. The molecule has 0 aliphatic rings. The van der Waals surface area contributed by atoms with Crippen LogP contribution in [0.15, 0.2) is 89.5 Å². The van der Waals surface area contributed by atoms with Crippen molar-refractivity contribution >= 4 is 5.91 Å². The molecule has 0 bridgehead atoms. The number of hydrogen-bond donors (Lipinski definition) is 0. The first-order chi connectivity index (χ1) is 16.6. The molecular weight excluding hydrogens is 426 g/mol. The second-order valence-corrected chi connectivity index (χ2v) is 8.15. The first-order valence-corrected chi connectivity index (χ1v) is 11.5. The van der Waals surface area contributed by atoms with E-state index in [2.05, 4.69) is 41.3 Å². The van der Waals surface area contributed by atoms with E-state index < -0.39 is 0 Å². The normalized spacial score (nSPS) is 11.7. The molecule has 0 N–H and O–H groups in total. The van der Waals surface area contributed by atoms with Crippen molar-refractivity contribution in [1.29, 1.82) is 0 Å². The van der Waals surface area contributed by atoms with Crippen molar-refractivity contribution in [3.63, 3.8) is 0 Å². The highest BCUT2D eigenvalue weighted by Gasteiger charge is 2.22. The Labute approximate surface area is 200 Å². The van der Waals surface area contributed by atoms with Gasteiger partial charge in [0.2, 0.25) is 17.6 Å². The third kappa shape index (κ3) is 5.90. The summed E-state index contributed by atoms with van der Waals surface area (Å²) in [5.74, 6) is 1.91. The Balaban J connectivity index is 1.45. The van der Waals surface area contributed by atoms with Crippen LogP contribution in [0.4, 0.5) is 0 Å². The number of amides is 1. The molecule has 1 aromatic heterocycles. The van der Waals surface area contributed by atoms with Crippen LogP contribution in [0.2, 0.25) is 0 Å². The van der Waals surface area contributed by atoms with Gasteiger partial charge in [0, 0.05) is 24.9 Å². The molecule has 0 fully saturated rings. The van der Waals surface area contributed by atoms with Crippen LogP contribution in [0.25, 0.3) is 11.4 Å². The van der Waals surface area contributed by atoms with Gasteiger partial charge < -0.3 is 14.2 Å². The van der Waals surface area contributed by atoms with Crippen LogP contribution in [0.5, 0.6) is 5.75 Å². The summed E-state index contributed by atoms with van der Waals surface area (Å²) in [5, 5.41) is 4.11. The highest BCUT2D eigenvalue weighted by atomic mass is 16.5. The van der Waals surface area contributed by atoms with E-state index in [9.17, 15) is 4.79 Å². The number of carbonyl (C=O) groups is 1. The van der Waals surface area contributed by atoms with E-state index in [1.807, 2.05) is 65.6 Å². The zero-order valence-corrected chi connectivity index (χ0v) is 19.6. The second-order valence-electron chi connectivity index (χ2n) is 8.15. The third-order valence-electron chi connectivity index (χ3n) is 5.92. The topological polar surface area (TPSA) is 68.5 Å². The molecule has 0 saturated carbocycles. The number of ether oxygens (including phenoxy) is 1. The summed E-state index contributed by atoms with van der Waals surface area (Å²) < 4.78 is 10.7. The van der Waals surface area contributed by atoms with E-state index in [0.29, 0.717) is 37.5 Å². The van der Waals surface area contributed by atoms with Crippen molar-refractivity contribution < 1.29 is 14.1 Å². The lowest BCUT2D eigenvalue weighted by Gasteiger charge is -2.29. The van der Waals surface area contributed by atoms with Crippen molar-refractivity contribution in [2.24, 2.45) is 0 Å². The van der Waals surface area contributed by atoms with Gasteiger partial charge in [-0.1, -0.05) is 65.8 Å². The van der Waals surface area contributed by atoms with Crippen LogP contribution < -0.4 is 4.74 Å². The molecule has 1 heterocycles. The van der Waals surface area contributed by atoms with Crippen LogP contribution in [-0.2, 0) is 17.6 Å².